The minimum absolute atomic E-state index is 0.520. The number of guanidine groups is 1. The highest BCUT2D eigenvalue weighted by Gasteiger charge is 2.21. The van der Waals surface area contributed by atoms with E-state index >= 15 is 0 Å². The molecule has 1 aliphatic rings. The average Bonchev–Trinajstić information content (AvgIpc) is 2.77. The Hall–Kier alpha value is -2.96. The second kappa shape index (κ2) is 9.82. The number of aliphatic imine (C=N–C) groups is 1. The Balaban J connectivity index is 1.65. The lowest BCUT2D eigenvalue weighted by Crippen LogP contribution is -2.52. The molecule has 28 heavy (non-hydrogen) atoms. The monoisotopic (exact) mass is 383 g/mol. The van der Waals surface area contributed by atoms with Gasteiger partial charge < -0.3 is 24.6 Å². The van der Waals surface area contributed by atoms with Crippen LogP contribution in [-0.2, 0) is 6.54 Å². The van der Waals surface area contributed by atoms with E-state index in [9.17, 15) is 0 Å². The number of benzene rings is 1. The summed E-state index contributed by atoms with van der Waals surface area (Å²) in [4.78, 5) is 13.9. The lowest BCUT2D eigenvalue weighted by molar-refractivity contribution is 0.367. The molecule has 0 saturated carbocycles. The number of aromatic nitrogens is 1. The fourth-order valence-corrected chi connectivity index (χ4v) is 3.29. The number of pyridine rings is 1. The van der Waals surface area contributed by atoms with Crippen LogP contribution in [0.5, 0.6) is 11.6 Å². The molecule has 150 valence electrons. The molecular formula is C21H29N5O2. The fraction of sp³-hybridized carbons (Fsp3) is 0.429. The van der Waals surface area contributed by atoms with Gasteiger partial charge in [-0.3, -0.25) is 0 Å². The van der Waals surface area contributed by atoms with E-state index in [1.807, 2.05) is 30.3 Å². The summed E-state index contributed by atoms with van der Waals surface area (Å²) in [5.41, 5.74) is 2.04. The average molecular weight is 383 g/mol. The van der Waals surface area contributed by atoms with Gasteiger partial charge in [0.2, 0.25) is 5.88 Å². The summed E-state index contributed by atoms with van der Waals surface area (Å²) in [5.74, 6) is 2.45. The minimum Gasteiger partial charge on any atom is -0.495 e. The van der Waals surface area contributed by atoms with Gasteiger partial charge in [0, 0.05) is 38.8 Å². The number of hydrogen-bond donors (Lipinski definition) is 1. The summed E-state index contributed by atoms with van der Waals surface area (Å²) < 4.78 is 10.7. The van der Waals surface area contributed by atoms with E-state index in [-0.39, 0.29) is 0 Å². The number of ether oxygens (including phenoxy) is 2. The molecule has 1 aromatic heterocycles. The lowest BCUT2D eigenvalue weighted by Gasteiger charge is -2.38. The van der Waals surface area contributed by atoms with Crippen LogP contribution in [-0.4, -0.2) is 62.8 Å². The summed E-state index contributed by atoms with van der Waals surface area (Å²) in [6, 6.07) is 13.9. The first-order valence-electron chi connectivity index (χ1n) is 9.66. The first-order valence-corrected chi connectivity index (χ1v) is 9.66. The third-order valence-corrected chi connectivity index (χ3v) is 4.72. The van der Waals surface area contributed by atoms with Gasteiger partial charge in [-0.2, -0.15) is 0 Å². The van der Waals surface area contributed by atoms with Crippen LogP contribution in [0.2, 0.25) is 0 Å². The molecule has 0 amide bonds. The van der Waals surface area contributed by atoms with Gasteiger partial charge in [0.05, 0.1) is 32.1 Å². The highest BCUT2D eigenvalue weighted by atomic mass is 16.5. The van der Waals surface area contributed by atoms with Gasteiger partial charge in [0.15, 0.2) is 5.96 Å². The Morgan fingerprint density at radius 3 is 2.54 bits per heavy atom. The molecule has 1 N–H and O–H groups in total. The van der Waals surface area contributed by atoms with Gasteiger partial charge in [0.25, 0.3) is 0 Å². The van der Waals surface area contributed by atoms with Crippen LogP contribution in [0.15, 0.2) is 47.5 Å². The third-order valence-electron chi connectivity index (χ3n) is 4.72. The summed E-state index contributed by atoms with van der Waals surface area (Å²) in [6.07, 6.45) is 0. The molecule has 2 aromatic rings. The van der Waals surface area contributed by atoms with Crippen molar-refractivity contribution in [3.05, 3.63) is 48.2 Å². The lowest BCUT2D eigenvalue weighted by atomic mass is 10.2. The maximum atomic E-state index is 5.51. The van der Waals surface area contributed by atoms with Crippen LogP contribution in [0.1, 0.15) is 12.6 Å². The molecule has 1 saturated heterocycles. The van der Waals surface area contributed by atoms with Crippen molar-refractivity contribution in [2.24, 2.45) is 4.99 Å². The molecule has 0 spiro atoms. The Morgan fingerprint density at radius 1 is 1.04 bits per heavy atom. The molecule has 0 atom stereocenters. The molecule has 7 nitrogen and oxygen atoms in total. The smallest absolute Gasteiger partial charge is 0.213 e. The number of para-hydroxylation sites is 2. The van der Waals surface area contributed by atoms with Crippen LogP contribution in [0.3, 0.4) is 0 Å². The molecule has 7 heteroatoms. The van der Waals surface area contributed by atoms with Crippen molar-refractivity contribution >= 4 is 11.6 Å². The number of methoxy groups -OCH3 is 2. The number of anilines is 1. The van der Waals surface area contributed by atoms with Gasteiger partial charge in [0.1, 0.15) is 5.75 Å². The van der Waals surface area contributed by atoms with E-state index in [1.165, 1.54) is 0 Å². The van der Waals surface area contributed by atoms with Crippen LogP contribution in [0, 0.1) is 0 Å². The van der Waals surface area contributed by atoms with E-state index in [4.69, 9.17) is 14.5 Å². The molecule has 1 fully saturated rings. The van der Waals surface area contributed by atoms with E-state index in [2.05, 4.69) is 39.2 Å². The second-order valence-corrected chi connectivity index (χ2v) is 6.49. The van der Waals surface area contributed by atoms with Crippen molar-refractivity contribution in [2.45, 2.75) is 13.5 Å². The van der Waals surface area contributed by atoms with Crippen LogP contribution >= 0.6 is 0 Å². The standard InChI is InChI=1S/C21H29N5O2/c1-4-22-21(23-16-17-8-7-11-20(24-17)28-3)26-14-12-25(13-15-26)18-9-5-6-10-19(18)27-2/h5-11H,4,12-16H2,1-3H3,(H,22,23). The Bertz CT molecular complexity index is 788. The Morgan fingerprint density at radius 2 is 1.82 bits per heavy atom. The molecule has 1 aliphatic heterocycles. The van der Waals surface area contributed by atoms with Crippen molar-refractivity contribution in [1.29, 1.82) is 0 Å². The number of hydrogen-bond acceptors (Lipinski definition) is 5. The highest BCUT2D eigenvalue weighted by molar-refractivity contribution is 5.80. The van der Waals surface area contributed by atoms with Crippen LogP contribution in [0.25, 0.3) is 0 Å². The molecule has 0 radical (unpaired) electrons. The molecule has 3 rings (SSSR count). The van der Waals surface area contributed by atoms with Gasteiger partial charge in [-0.05, 0) is 25.1 Å². The zero-order valence-electron chi connectivity index (χ0n) is 16.9. The minimum atomic E-state index is 0.520. The molecule has 0 aliphatic carbocycles. The predicted molar refractivity (Wildman–Crippen MR) is 112 cm³/mol. The van der Waals surface area contributed by atoms with Crippen molar-refractivity contribution < 1.29 is 9.47 Å². The van der Waals surface area contributed by atoms with Gasteiger partial charge >= 0.3 is 0 Å². The maximum absolute atomic E-state index is 5.51. The Kier molecular flexibility index (Phi) is 6.94. The predicted octanol–water partition coefficient (Wildman–Crippen LogP) is 2.39. The van der Waals surface area contributed by atoms with Gasteiger partial charge in [-0.25, -0.2) is 9.98 Å². The van der Waals surface area contributed by atoms with Crippen molar-refractivity contribution in [3.8, 4) is 11.6 Å². The zero-order valence-corrected chi connectivity index (χ0v) is 16.9. The number of nitrogens with one attached hydrogen (secondary N) is 1. The number of nitrogens with zero attached hydrogens (tertiary/aromatic N) is 4. The summed E-state index contributed by atoms with van der Waals surface area (Å²) >= 11 is 0. The van der Waals surface area contributed by atoms with E-state index < -0.39 is 0 Å². The largest absolute Gasteiger partial charge is 0.495 e. The molecule has 2 heterocycles. The maximum Gasteiger partial charge on any atom is 0.213 e. The van der Waals surface area contributed by atoms with Crippen molar-refractivity contribution in [2.75, 3.05) is 51.8 Å². The second-order valence-electron chi connectivity index (χ2n) is 6.49. The van der Waals surface area contributed by atoms with Crippen LogP contribution in [0.4, 0.5) is 5.69 Å². The zero-order chi connectivity index (χ0) is 19.8. The van der Waals surface area contributed by atoms with Gasteiger partial charge in [-0.15, -0.1) is 0 Å². The van der Waals surface area contributed by atoms with Gasteiger partial charge in [-0.1, -0.05) is 18.2 Å². The van der Waals surface area contributed by atoms with E-state index in [0.29, 0.717) is 12.4 Å². The third kappa shape index (κ3) is 4.85. The van der Waals surface area contributed by atoms with Crippen LogP contribution < -0.4 is 19.7 Å². The highest BCUT2D eigenvalue weighted by Crippen LogP contribution is 2.28. The fourth-order valence-electron chi connectivity index (χ4n) is 3.29. The molecule has 0 bridgehead atoms. The first kappa shape index (κ1) is 19.8. The topological polar surface area (TPSA) is 62.2 Å². The SMILES string of the molecule is CCNC(=NCc1cccc(OC)n1)N1CCN(c2ccccc2OC)CC1. The number of piperazine rings is 1. The first-order chi connectivity index (χ1) is 13.7. The van der Waals surface area contributed by atoms with E-state index in [0.717, 1.165) is 55.8 Å². The summed E-state index contributed by atoms with van der Waals surface area (Å²) in [6.45, 7) is 7.07. The van der Waals surface area contributed by atoms with Crippen molar-refractivity contribution in [1.82, 2.24) is 15.2 Å². The molecule has 1 aromatic carbocycles. The molecule has 0 unspecified atom stereocenters. The van der Waals surface area contributed by atoms with Crippen molar-refractivity contribution in [3.63, 3.8) is 0 Å². The molecular weight excluding hydrogens is 354 g/mol. The summed E-state index contributed by atoms with van der Waals surface area (Å²) in [5, 5.41) is 3.40. The summed E-state index contributed by atoms with van der Waals surface area (Å²) in [7, 11) is 3.35. The number of rotatable bonds is 6. The Labute approximate surface area is 167 Å². The quantitative estimate of drug-likeness (QED) is 0.610. The van der Waals surface area contributed by atoms with E-state index in [1.54, 1.807) is 14.2 Å². The normalized spacial score (nSPS) is 14.8.